The molecule has 1 rings (SSSR count). The Morgan fingerprint density at radius 3 is 2.46 bits per heavy atom. The lowest BCUT2D eigenvalue weighted by Gasteiger charge is -2.20. The normalized spacial score (nSPS) is 10.2. The third-order valence-electron chi connectivity index (χ3n) is 2.32. The van der Waals surface area contributed by atoms with Crippen LogP contribution < -0.4 is 4.90 Å². The third kappa shape index (κ3) is 2.48. The highest BCUT2D eigenvalue weighted by atomic mass is 15.1. The summed E-state index contributed by atoms with van der Waals surface area (Å²) in [5.74, 6) is 0. The summed E-state index contributed by atoms with van der Waals surface area (Å²) >= 11 is 0. The van der Waals surface area contributed by atoms with Crippen LogP contribution in [-0.4, -0.2) is 13.6 Å². The molecule has 0 atom stereocenters. The summed E-state index contributed by atoms with van der Waals surface area (Å²) in [6.45, 7) is 7.65. The SMILES string of the molecule is CCCN(C)c1ccc(C)cc1C. The van der Waals surface area contributed by atoms with Crippen molar-refractivity contribution in [2.75, 3.05) is 18.5 Å². The Kier molecular flexibility index (Phi) is 3.35. The fraction of sp³-hybridized carbons (Fsp3) is 0.500. The Labute approximate surface area is 81.4 Å². The lowest BCUT2D eigenvalue weighted by molar-refractivity contribution is 0.849. The van der Waals surface area contributed by atoms with Crippen LogP contribution in [-0.2, 0) is 0 Å². The molecule has 0 N–H and O–H groups in total. The van der Waals surface area contributed by atoms with Gasteiger partial charge in [0.15, 0.2) is 0 Å². The van der Waals surface area contributed by atoms with Crippen LogP contribution in [0.2, 0.25) is 0 Å². The molecular weight excluding hydrogens is 158 g/mol. The Morgan fingerprint density at radius 1 is 1.23 bits per heavy atom. The summed E-state index contributed by atoms with van der Waals surface area (Å²) in [5.41, 5.74) is 4.06. The zero-order chi connectivity index (χ0) is 9.84. The highest BCUT2D eigenvalue weighted by Crippen LogP contribution is 2.19. The maximum Gasteiger partial charge on any atom is 0.0393 e. The van der Waals surface area contributed by atoms with Crippen LogP contribution >= 0.6 is 0 Å². The van der Waals surface area contributed by atoms with Crippen LogP contribution in [0.5, 0.6) is 0 Å². The van der Waals surface area contributed by atoms with Gasteiger partial charge in [-0.1, -0.05) is 24.6 Å². The largest absolute Gasteiger partial charge is 0.374 e. The predicted molar refractivity (Wildman–Crippen MR) is 59.5 cm³/mol. The minimum Gasteiger partial charge on any atom is -0.374 e. The molecule has 72 valence electrons. The van der Waals surface area contributed by atoms with Gasteiger partial charge in [-0.15, -0.1) is 0 Å². The van der Waals surface area contributed by atoms with Crippen LogP contribution in [0, 0.1) is 13.8 Å². The van der Waals surface area contributed by atoms with Crippen molar-refractivity contribution in [3.63, 3.8) is 0 Å². The van der Waals surface area contributed by atoms with E-state index in [9.17, 15) is 0 Å². The zero-order valence-electron chi connectivity index (χ0n) is 9.09. The Hall–Kier alpha value is -0.980. The second kappa shape index (κ2) is 4.31. The summed E-state index contributed by atoms with van der Waals surface area (Å²) in [6.07, 6.45) is 1.20. The molecule has 0 aliphatic heterocycles. The van der Waals surface area contributed by atoms with E-state index < -0.39 is 0 Å². The first-order valence-corrected chi connectivity index (χ1v) is 4.93. The molecule has 1 heteroatoms. The lowest BCUT2D eigenvalue weighted by Crippen LogP contribution is -2.18. The van der Waals surface area contributed by atoms with E-state index in [1.165, 1.54) is 23.2 Å². The summed E-state index contributed by atoms with van der Waals surface area (Å²) in [6, 6.07) is 6.62. The highest BCUT2D eigenvalue weighted by molar-refractivity contribution is 5.53. The number of hydrogen-bond donors (Lipinski definition) is 0. The van der Waals surface area contributed by atoms with Crippen molar-refractivity contribution < 1.29 is 0 Å². The van der Waals surface area contributed by atoms with Gasteiger partial charge in [-0.3, -0.25) is 0 Å². The van der Waals surface area contributed by atoms with Crippen molar-refractivity contribution in [2.24, 2.45) is 0 Å². The summed E-state index contributed by atoms with van der Waals surface area (Å²) < 4.78 is 0. The molecule has 0 radical (unpaired) electrons. The summed E-state index contributed by atoms with van der Waals surface area (Å²) in [5, 5.41) is 0. The van der Waals surface area contributed by atoms with E-state index in [1.807, 2.05) is 0 Å². The van der Waals surface area contributed by atoms with Gasteiger partial charge in [-0.2, -0.15) is 0 Å². The van der Waals surface area contributed by atoms with Crippen LogP contribution in [0.25, 0.3) is 0 Å². The van der Waals surface area contributed by atoms with Gasteiger partial charge in [0.1, 0.15) is 0 Å². The molecule has 0 amide bonds. The molecule has 1 aromatic rings. The minimum atomic E-state index is 1.13. The molecule has 0 bridgehead atoms. The molecule has 0 unspecified atom stereocenters. The molecule has 0 spiro atoms. The van der Waals surface area contributed by atoms with E-state index in [0.717, 1.165) is 6.54 Å². The van der Waals surface area contributed by atoms with Crippen molar-refractivity contribution in [3.8, 4) is 0 Å². The quantitative estimate of drug-likeness (QED) is 0.685. The number of nitrogens with zero attached hydrogens (tertiary/aromatic N) is 1. The number of aryl methyl sites for hydroxylation is 2. The Balaban J connectivity index is 2.88. The summed E-state index contributed by atoms with van der Waals surface area (Å²) in [7, 11) is 2.15. The van der Waals surface area contributed by atoms with Gasteiger partial charge in [-0.25, -0.2) is 0 Å². The topological polar surface area (TPSA) is 3.24 Å². The molecule has 0 heterocycles. The van der Waals surface area contributed by atoms with Crippen molar-refractivity contribution >= 4 is 5.69 Å². The van der Waals surface area contributed by atoms with Gasteiger partial charge in [0, 0.05) is 19.3 Å². The molecule has 13 heavy (non-hydrogen) atoms. The monoisotopic (exact) mass is 177 g/mol. The minimum absolute atomic E-state index is 1.13. The molecule has 0 saturated carbocycles. The van der Waals surface area contributed by atoms with E-state index in [2.05, 4.69) is 50.9 Å². The van der Waals surface area contributed by atoms with E-state index >= 15 is 0 Å². The van der Waals surface area contributed by atoms with Crippen LogP contribution in [0.4, 0.5) is 5.69 Å². The number of anilines is 1. The van der Waals surface area contributed by atoms with E-state index in [-0.39, 0.29) is 0 Å². The van der Waals surface area contributed by atoms with Gasteiger partial charge in [0.05, 0.1) is 0 Å². The van der Waals surface area contributed by atoms with Gasteiger partial charge < -0.3 is 4.90 Å². The van der Waals surface area contributed by atoms with Crippen LogP contribution in [0.1, 0.15) is 24.5 Å². The molecule has 1 aromatic carbocycles. The molecule has 0 aliphatic carbocycles. The van der Waals surface area contributed by atoms with E-state index in [1.54, 1.807) is 0 Å². The maximum atomic E-state index is 2.31. The van der Waals surface area contributed by atoms with E-state index in [0.29, 0.717) is 0 Å². The van der Waals surface area contributed by atoms with E-state index in [4.69, 9.17) is 0 Å². The van der Waals surface area contributed by atoms with Gasteiger partial charge in [0.25, 0.3) is 0 Å². The molecule has 1 nitrogen and oxygen atoms in total. The third-order valence-corrected chi connectivity index (χ3v) is 2.32. The van der Waals surface area contributed by atoms with Crippen molar-refractivity contribution in [2.45, 2.75) is 27.2 Å². The zero-order valence-corrected chi connectivity index (χ0v) is 9.09. The molecule has 0 saturated heterocycles. The van der Waals surface area contributed by atoms with Gasteiger partial charge in [-0.05, 0) is 31.9 Å². The fourth-order valence-corrected chi connectivity index (χ4v) is 1.69. The number of benzene rings is 1. The Morgan fingerprint density at radius 2 is 1.92 bits per heavy atom. The second-order valence-electron chi connectivity index (χ2n) is 3.71. The molecular formula is C12H19N. The second-order valence-corrected chi connectivity index (χ2v) is 3.71. The first kappa shape index (κ1) is 10.1. The predicted octanol–water partition coefficient (Wildman–Crippen LogP) is 3.15. The van der Waals surface area contributed by atoms with Crippen molar-refractivity contribution in [1.82, 2.24) is 0 Å². The van der Waals surface area contributed by atoms with Gasteiger partial charge in [0.2, 0.25) is 0 Å². The summed E-state index contributed by atoms with van der Waals surface area (Å²) in [4.78, 5) is 2.31. The van der Waals surface area contributed by atoms with Crippen LogP contribution in [0.15, 0.2) is 18.2 Å². The molecule has 0 aromatic heterocycles. The maximum absolute atomic E-state index is 2.31. The van der Waals surface area contributed by atoms with Gasteiger partial charge >= 0.3 is 0 Å². The first-order valence-electron chi connectivity index (χ1n) is 4.93. The first-order chi connectivity index (χ1) is 6.15. The smallest absolute Gasteiger partial charge is 0.0393 e. The lowest BCUT2D eigenvalue weighted by atomic mass is 10.1. The average Bonchev–Trinajstić information content (AvgIpc) is 2.04. The average molecular weight is 177 g/mol. The standard InChI is InChI=1S/C12H19N/c1-5-8-13(4)12-7-6-10(2)9-11(12)3/h6-7,9H,5,8H2,1-4H3. The van der Waals surface area contributed by atoms with Crippen LogP contribution in [0.3, 0.4) is 0 Å². The molecule has 0 fully saturated rings. The fourth-order valence-electron chi connectivity index (χ4n) is 1.69. The number of hydrogen-bond acceptors (Lipinski definition) is 1. The molecule has 0 aliphatic rings. The van der Waals surface area contributed by atoms with Crippen molar-refractivity contribution in [3.05, 3.63) is 29.3 Å². The number of rotatable bonds is 3. The highest BCUT2D eigenvalue weighted by Gasteiger charge is 2.02. The Bertz CT molecular complexity index is 278. The van der Waals surface area contributed by atoms with Crippen molar-refractivity contribution in [1.29, 1.82) is 0 Å².